The molecule has 4 rings (SSSR count). The first-order valence-corrected chi connectivity index (χ1v) is 11.8. The molecule has 1 aliphatic rings. The van der Waals surface area contributed by atoms with Crippen molar-refractivity contribution < 1.29 is 31.1 Å². The summed E-state index contributed by atoms with van der Waals surface area (Å²) >= 11 is -2.68. The van der Waals surface area contributed by atoms with Crippen molar-refractivity contribution >= 4 is 34.4 Å². The number of pyridine rings is 1. The van der Waals surface area contributed by atoms with E-state index >= 15 is 13.2 Å². The average molecular weight is 524 g/mol. The summed E-state index contributed by atoms with van der Waals surface area (Å²) in [5, 5.41) is 2.41. The van der Waals surface area contributed by atoms with E-state index in [9.17, 15) is 17.9 Å². The number of amides is 1. The van der Waals surface area contributed by atoms with Gasteiger partial charge in [-0.05, 0) is 59.7 Å². The highest BCUT2D eigenvalue weighted by Gasteiger charge is 2.27. The number of nitrogens with zero attached hydrogens (tertiary/aromatic N) is 2. The fourth-order valence-corrected chi connectivity index (χ4v) is 4.21. The van der Waals surface area contributed by atoms with E-state index in [1.807, 2.05) is 0 Å². The van der Waals surface area contributed by atoms with Crippen molar-refractivity contribution in [2.45, 2.75) is 25.2 Å². The zero-order chi connectivity index (χ0) is 26.1. The van der Waals surface area contributed by atoms with Gasteiger partial charge in [-0.25, -0.2) is 32.2 Å². The van der Waals surface area contributed by atoms with Crippen molar-refractivity contribution in [1.29, 1.82) is 0 Å². The molecular weight excluding hydrogens is 502 g/mol. The van der Waals surface area contributed by atoms with Gasteiger partial charge in [-0.15, -0.1) is 0 Å². The van der Waals surface area contributed by atoms with Crippen molar-refractivity contribution in [3.8, 4) is 0 Å². The van der Waals surface area contributed by atoms with Gasteiger partial charge >= 0.3 is 0 Å². The molecule has 13 heteroatoms. The quantitative estimate of drug-likeness (QED) is 0.191. The summed E-state index contributed by atoms with van der Waals surface area (Å²) in [5.74, 6) is -6.11. The van der Waals surface area contributed by atoms with E-state index in [1.54, 1.807) is 6.07 Å². The minimum Gasteiger partial charge on any atom is -0.366 e. The molecule has 0 spiro atoms. The van der Waals surface area contributed by atoms with Gasteiger partial charge in [0.2, 0.25) is 0 Å². The maximum absolute atomic E-state index is 15.1. The van der Waals surface area contributed by atoms with Crippen LogP contribution in [0.25, 0.3) is 0 Å². The maximum Gasteiger partial charge on any atom is 0.278 e. The zero-order valence-electron chi connectivity index (χ0n) is 18.8. The predicted molar refractivity (Wildman–Crippen MR) is 126 cm³/mol. The smallest absolute Gasteiger partial charge is 0.278 e. The number of rotatable bonds is 9. The molecule has 190 valence electrons. The normalized spacial score (nSPS) is 13.9. The molecule has 1 aromatic heterocycles. The molecule has 0 bridgehead atoms. The predicted octanol–water partition coefficient (Wildman–Crippen LogP) is 4.03. The number of hydrogen-bond donors (Lipinski definition) is 4. The number of nitrogens with one attached hydrogen (secondary N) is 2. The fourth-order valence-electron chi connectivity index (χ4n) is 3.77. The number of benzene rings is 2. The van der Waals surface area contributed by atoms with Gasteiger partial charge in [0.1, 0.15) is 5.82 Å². The standard InChI is InChI=1S/C23H21F4N5O3S/c1-29-32(36(34)35)23-19(26)13(6-7-30-23)8-14-9-15(22(28)33)21(20(27)18(14)25)31-17-5-4-12(10-16(17)24)11-2-3-11/h4-7,9-11,29,31H,2-3,8H2,1H3,(H2,28,33)(H,34,35). The number of carbonyl (C=O) groups excluding carboxylic acids is 1. The summed E-state index contributed by atoms with van der Waals surface area (Å²) in [7, 11) is 1.25. The van der Waals surface area contributed by atoms with E-state index in [-0.39, 0.29) is 17.2 Å². The Bertz CT molecular complexity index is 1370. The van der Waals surface area contributed by atoms with Crippen molar-refractivity contribution in [3.05, 3.63) is 82.1 Å². The summed E-state index contributed by atoms with van der Waals surface area (Å²) in [6, 6.07) is 6.43. The molecule has 1 aliphatic carbocycles. The van der Waals surface area contributed by atoms with E-state index in [2.05, 4.69) is 15.7 Å². The molecule has 1 unspecified atom stereocenters. The van der Waals surface area contributed by atoms with Gasteiger partial charge in [-0.1, -0.05) is 6.07 Å². The minimum atomic E-state index is -2.68. The van der Waals surface area contributed by atoms with E-state index in [4.69, 9.17) is 5.73 Å². The summed E-state index contributed by atoms with van der Waals surface area (Å²) in [4.78, 5) is 15.8. The molecule has 1 amide bonds. The van der Waals surface area contributed by atoms with Gasteiger partial charge in [0.15, 0.2) is 23.3 Å². The second-order valence-corrected chi connectivity index (χ2v) is 8.95. The van der Waals surface area contributed by atoms with Gasteiger partial charge in [0.25, 0.3) is 17.2 Å². The van der Waals surface area contributed by atoms with Crippen LogP contribution in [0, 0.1) is 23.3 Å². The molecule has 2 aromatic carbocycles. The molecule has 1 fully saturated rings. The number of nitrogens with two attached hydrogens (primary N) is 1. The van der Waals surface area contributed by atoms with E-state index in [1.165, 1.54) is 19.2 Å². The highest BCUT2D eigenvalue weighted by molar-refractivity contribution is 7.80. The third kappa shape index (κ3) is 5.03. The van der Waals surface area contributed by atoms with Gasteiger partial charge in [-0.3, -0.25) is 9.35 Å². The van der Waals surface area contributed by atoms with Crippen molar-refractivity contribution in [2.75, 3.05) is 16.8 Å². The van der Waals surface area contributed by atoms with Crippen LogP contribution in [0.2, 0.25) is 0 Å². The Morgan fingerprint density at radius 3 is 2.44 bits per heavy atom. The summed E-state index contributed by atoms with van der Waals surface area (Å²) < 4.78 is 81.0. The molecule has 5 N–H and O–H groups in total. The Kier molecular flexibility index (Phi) is 7.24. The van der Waals surface area contributed by atoms with Gasteiger partial charge in [-0.2, -0.15) is 4.41 Å². The molecule has 1 saturated carbocycles. The molecular formula is C23H21F4N5O3S. The monoisotopic (exact) mass is 523 g/mol. The topological polar surface area (TPSA) is 121 Å². The summed E-state index contributed by atoms with van der Waals surface area (Å²) in [5.41, 5.74) is 6.52. The van der Waals surface area contributed by atoms with E-state index < -0.39 is 69.5 Å². The Hall–Kier alpha value is -3.55. The Morgan fingerprint density at radius 2 is 1.86 bits per heavy atom. The Morgan fingerprint density at radius 1 is 1.14 bits per heavy atom. The van der Waals surface area contributed by atoms with Crippen LogP contribution in [0.3, 0.4) is 0 Å². The lowest BCUT2D eigenvalue weighted by molar-refractivity contribution is 0.100. The lowest BCUT2D eigenvalue weighted by Crippen LogP contribution is -2.37. The van der Waals surface area contributed by atoms with Gasteiger partial charge in [0, 0.05) is 19.7 Å². The van der Waals surface area contributed by atoms with Crippen LogP contribution >= 0.6 is 0 Å². The first-order valence-electron chi connectivity index (χ1n) is 10.7. The number of anilines is 3. The number of aromatic nitrogens is 1. The molecule has 1 atom stereocenters. The second-order valence-electron chi connectivity index (χ2n) is 8.12. The fraction of sp³-hybridized carbons (Fsp3) is 0.217. The molecule has 0 radical (unpaired) electrons. The highest BCUT2D eigenvalue weighted by atomic mass is 32.2. The average Bonchev–Trinajstić information content (AvgIpc) is 3.67. The van der Waals surface area contributed by atoms with Crippen LogP contribution in [0.1, 0.15) is 45.8 Å². The van der Waals surface area contributed by atoms with Crippen molar-refractivity contribution in [2.24, 2.45) is 5.73 Å². The van der Waals surface area contributed by atoms with E-state index in [0.29, 0.717) is 4.41 Å². The summed E-state index contributed by atoms with van der Waals surface area (Å²) in [6.45, 7) is 0. The Balaban J connectivity index is 1.71. The van der Waals surface area contributed by atoms with E-state index in [0.717, 1.165) is 36.7 Å². The van der Waals surface area contributed by atoms with Crippen LogP contribution in [-0.2, 0) is 17.7 Å². The molecule has 0 aliphatic heterocycles. The molecule has 1 heterocycles. The van der Waals surface area contributed by atoms with Crippen LogP contribution in [0.15, 0.2) is 36.5 Å². The number of carbonyl (C=O) groups is 1. The number of primary amides is 1. The van der Waals surface area contributed by atoms with Crippen LogP contribution in [0.5, 0.6) is 0 Å². The zero-order valence-corrected chi connectivity index (χ0v) is 19.6. The SMILES string of the molecule is CNN(c1nccc(Cc2cc(C(N)=O)c(Nc3ccc(C4CC4)cc3F)c(F)c2F)c1F)S(=O)O. The number of hydrogen-bond acceptors (Lipinski definition) is 5. The minimum absolute atomic E-state index is 0.179. The van der Waals surface area contributed by atoms with Crippen LogP contribution < -0.4 is 20.9 Å². The van der Waals surface area contributed by atoms with Gasteiger partial charge in [0.05, 0.1) is 16.9 Å². The van der Waals surface area contributed by atoms with Crippen molar-refractivity contribution in [1.82, 2.24) is 10.4 Å². The Labute approximate surface area is 205 Å². The lowest BCUT2D eigenvalue weighted by atomic mass is 9.99. The first kappa shape index (κ1) is 25.5. The lowest BCUT2D eigenvalue weighted by Gasteiger charge is -2.19. The first-order chi connectivity index (χ1) is 17.1. The molecule has 0 saturated heterocycles. The molecule has 36 heavy (non-hydrogen) atoms. The number of halogens is 4. The largest absolute Gasteiger partial charge is 0.366 e. The highest BCUT2D eigenvalue weighted by Crippen LogP contribution is 2.41. The molecule has 3 aromatic rings. The maximum atomic E-state index is 15.1. The summed E-state index contributed by atoms with van der Waals surface area (Å²) in [6.07, 6.45) is 2.45. The third-order valence-electron chi connectivity index (χ3n) is 5.73. The molecule has 8 nitrogen and oxygen atoms in total. The number of hydrazine groups is 1. The van der Waals surface area contributed by atoms with Gasteiger partial charge < -0.3 is 11.1 Å². The van der Waals surface area contributed by atoms with Crippen molar-refractivity contribution in [3.63, 3.8) is 0 Å². The second kappa shape index (κ2) is 10.2. The third-order valence-corrected chi connectivity index (χ3v) is 6.40. The van der Waals surface area contributed by atoms with Crippen LogP contribution in [-0.4, -0.2) is 26.7 Å². The van der Waals surface area contributed by atoms with Crippen LogP contribution in [0.4, 0.5) is 34.8 Å².